The molecule has 0 amide bonds. The lowest BCUT2D eigenvalue weighted by molar-refractivity contribution is 1.11. The molecule has 0 aliphatic carbocycles. The first-order valence-electron chi connectivity index (χ1n) is 5.31. The van der Waals surface area contributed by atoms with Crippen molar-refractivity contribution in [2.45, 2.75) is 32.5 Å². The van der Waals surface area contributed by atoms with E-state index in [1.54, 1.807) is 6.08 Å². The van der Waals surface area contributed by atoms with E-state index in [0.29, 0.717) is 0 Å². The predicted molar refractivity (Wildman–Crippen MR) is 69.7 cm³/mol. The van der Waals surface area contributed by atoms with Crippen LogP contribution in [0.5, 0.6) is 0 Å². The molecule has 0 nitrogen and oxygen atoms in total. The molecule has 0 saturated heterocycles. The molecule has 0 aliphatic heterocycles. The third-order valence-corrected chi connectivity index (χ3v) is 3.30. The molecular formula is C13H22Si. The zero-order valence-electron chi connectivity index (χ0n) is 9.66. The van der Waals surface area contributed by atoms with Crippen molar-refractivity contribution in [3.63, 3.8) is 0 Å². The van der Waals surface area contributed by atoms with E-state index in [0.717, 1.165) is 0 Å². The SMILES string of the molecule is C=CC.C[SiH](C)CCc1ccccc1. The van der Waals surface area contributed by atoms with Crippen LogP contribution in [0.1, 0.15) is 12.5 Å². The second-order valence-corrected chi connectivity index (χ2v) is 7.19. The highest BCUT2D eigenvalue weighted by molar-refractivity contribution is 6.55. The third-order valence-electron chi connectivity index (χ3n) is 1.85. The number of aryl methyl sites for hydroxylation is 1. The van der Waals surface area contributed by atoms with Crippen LogP contribution in [0, 0.1) is 0 Å². The van der Waals surface area contributed by atoms with Crippen molar-refractivity contribution in [3.05, 3.63) is 48.6 Å². The lowest BCUT2D eigenvalue weighted by Gasteiger charge is -2.02. The number of benzene rings is 1. The maximum Gasteiger partial charge on any atom is 0.0308 e. The van der Waals surface area contributed by atoms with Gasteiger partial charge in [0.15, 0.2) is 0 Å². The lowest BCUT2D eigenvalue weighted by Crippen LogP contribution is -2.00. The van der Waals surface area contributed by atoms with E-state index in [1.165, 1.54) is 18.0 Å². The van der Waals surface area contributed by atoms with Gasteiger partial charge in [0.25, 0.3) is 0 Å². The highest BCUT2D eigenvalue weighted by Gasteiger charge is 1.95. The van der Waals surface area contributed by atoms with Gasteiger partial charge in [-0.1, -0.05) is 55.5 Å². The van der Waals surface area contributed by atoms with E-state index in [4.69, 9.17) is 0 Å². The Kier molecular flexibility index (Phi) is 8.25. The molecule has 0 aliphatic rings. The van der Waals surface area contributed by atoms with E-state index in [-0.39, 0.29) is 8.80 Å². The highest BCUT2D eigenvalue weighted by Crippen LogP contribution is 2.04. The first-order valence-corrected chi connectivity index (χ1v) is 8.44. The first-order chi connectivity index (χ1) is 6.70. The summed E-state index contributed by atoms with van der Waals surface area (Å²) in [7, 11) is -0.340. The van der Waals surface area contributed by atoms with E-state index in [1.807, 2.05) is 6.92 Å². The molecule has 0 saturated carbocycles. The second kappa shape index (κ2) is 8.76. The minimum absolute atomic E-state index is 0.340. The molecule has 0 spiro atoms. The molecular weight excluding hydrogens is 184 g/mol. The van der Waals surface area contributed by atoms with Crippen LogP contribution in [-0.4, -0.2) is 8.80 Å². The Balaban J connectivity index is 0.000000500. The molecule has 1 aromatic rings. The minimum Gasteiger partial charge on any atom is -0.103 e. The van der Waals surface area contributed by atoms with E-state index >= 15 is 0 Å². The second-order valence-electron chi connectivity index (χ2n) is 3.83. The van der Waals surface area contributed by atoms with Crippen LogP contribution in [0.25, 0.3) is 0 Å². The topological polar surface area (TPSA) is 0 Å². The third kappa shape index (κ3) is 7.81. The zero-order valence-corrected chi connectivity index (χ0v) is 10.8. The van der Waals surface area contributed by atoms with Crippen molar-refractivity contribution < 1.29 is 0 Å². The maximum atomic E-state index is 3.36. The van der Waals surface area contributed by atoms with Gasteiger partial charge in [-0.2, -0.15) is 0 Å². The molecule has 0 fully saturated rings. The van der Waals surface area contributed by atoms with Crippen LogP contribution in [-0.2, 0) is 6.42 Å². The van der Waals surface area contributed by atoms with Crippen molar-refractivity contribution in [2.24, 2.45) is 0 Å². The summed E-state index contributed by atoms with van der Waals surface area (Å²) >= 11 is 0. The fourth-order valence-electron chi connectivity index (χ4n) is 1.10. The van der Waals surface area contributed by atoms with Crippen molar-refractivity contribution in [1.29, 1.82) is 0 Å². The highest BCUT2D eigenvalue weighted by atomic mass is 28.3. The molecule has 1 heteroatoms. The van der Waals surface area contributed by atoms with Crippen molar-refractivity contribution in [2.75, 3.05) is 0 Å². The van der Waals surface area contributed by atoms with E-state index in [2.05, 4.69) is 50.0 Å². The van der Waals surface area contributed by atoms with Gasteiger partial charge >= 0.3 is 0 Å². The maximum absolute atomic E-state index is 3.36. The van der Waals surface area contributed by atoms with Gasteiger partial charge in [0, 0.05) is 8.80 Å². The normalized spacial score (nSPS) is 9.14. The van der Waals surface area contributed by atoms with Gasteiger partial charge in [0.05, 0.1) is 0 Å². The molecule has 1 rings (SSSR count). The summed E-state index contributed by atoms with van der Waals surface area (Å²) in [6, 6.07) is 12.2. The van der Waals surface area contributed by atoms with Crippen LogP contribution >= 0.6 is 0 Å². The van der Waals surface area contributed by atoms with Crippen molar-refractivity contribution >= 4 is 8.80 Å². The summed E-state index contributed by atoms with van der Waals surface area (Å²) in [5, 5.41) is 0. The average Bonchev–Trinajstić information content (AvgIpc) is 2.18. The Morgan fingerprint density at radius 1 is 1.21 bits per heavy atom. The summed E-state index contributed by atoms with van der Waals surface area (Å²) in [6.07, 6.45) is 3.03. The van der Waals surface area contributed by atoms with Gasteiger partial charge in [-0.15, -0.1) is 6.58 Å². The Morgan fingerprint density at radius 2 is 1.71 bits per heavy atom. The smallest absolute Gasteiger partial charge is 0.0308 e. The number of hydrogen-bond acceptors (Lipinski definition) is 0. The van der Waals surface area contributed by atoms with Crippen LogP contribution in [0.2, 0.25) is 19.1 Å². The van der Waals surface area contributed by atoms with Gasteiger partial charge in [-0.05, 0) is 18.9 Å². The fraction of sp³-hybridized carbons (Fsp3) is 0.385. The quantitative estimate of drug-likeness (QED) is 0.519. The molecule has 0 atom stereocenters. The summed E-state index contributed by atoms with van der Waals surface area (Å²) in [4.78, 5) is 0. The lowest BCUT2D eigenvalue weighted by atomic mass is 10.2. The zero-order chi connectivity index (χ0) is 10.8. The van der Waals surface area contributed by atoms with E-state index in [9.17, 15) is 0 Å². The Hall–Kier alpha value is -0.823. The van der Waals surface area contributed by atoms with Gasteiger partial charge < -0.3 is 0 Å². The molecule has 0 unspecified atom stereocenters. The van der Waals surface area contributed by atoms with Crippen LogP contribution in [0.15, 0.2) is 43.0 Å². The molecule has 1 aromatic carbocycles. The molecule has 78 valence electrons. The van der Waals surface area contributed by atoms with Gasteiger partial charge in [0.1, 0.15) is 0 Å². The van der Waals surface area contributed by atoms with E-state index < -0.39 is 0 Å². The Morgan fingerprint density at radius 3 is 2.14 bits per heavy atom. The molecule has 0 radical (unpaired) electrons. The Bertz CT molecular complexity index is 226. The Labute approximate surface area is 90.3 Å². The summed E-state index contributed by atoms with van der Waals surface area (Å²) in [5.41, 5.74) is 1.49. The molecule has 0 aromatic heterocycles. The standard InChI is InChI=1S/C10H16Si.C3H6/c1-11(2)9-8-10-6-4-3-5-7-10;1-3-2/h3-7,11H,8-9H2,1-2H3;3H,1H2,2H3. The van der Waals surface area contributed by atoms with Crippen LogP contribution in [0.4, 0.5) is 0 Å². The average molecular weight is 206 g/mol. The molecule has 14 heavy (non-hydrogen) atoms. The predicted octanol–water partition coefficient (Wildman–Crippen LogP) is 3.91. The van der Waals surface area contributed by atoms with Crippen molar-refractivity contribution in [1.82, 2.24) is 0 Å². The van der Waals surface area contributed by atoms with Gasteiger partial charge in [-0.25, -0.2) is 0 Å². The fourth-order valence-corrected chi connectivity index (χ4v) is 2.01. The summed E-state index contributed by atoms with van der Waals surface area (Å²) in [6.45, 7) is 10.1. The number of hydrogen-bond donors (Lipinski definition) is 0. The van der Waals surface area contributed by atoms with Crippen LogP contribution < -0.4 is 0 Å². The van der Waals surface area contributed by atoms with Crippen molar-refractivity contribution in [3.8, 4) is 0 Å². The minimum atomic E-state index is -0.340. The largest absolute Gasteiger partial charge is 0.103 e. The van der Waals surface area contributed by atoms with Crippen LogP contribution in [0.3, 0.4) is 0 Å². The molecule has 0 bridgehead atoms. The first kappa shape index (κ1) is 13.2. The van der Waals surface area contributed by atoms with Gasteiger partial charge in [0.2, 0.25) is 0 Å². The number of rotatable bonds is 3. The number of allylic oxidation sites excluding steroid dienone is 1. The summed E-state index contributed by atoms with van der Waals surface area (Å²) < 4.78 is 0. The molecule has 0 heterocycles. The summed E-state index contributed by atoms with van der Waals surface area (Å²) in [5.74, 6) is 0. The monoisotopic (exact) mass is 206 g/mol. The molecule has 0 N–H and O–H groups in total. The van der Waals surface area contributed by atoms with Gasteiger partial charge in [-0.3, -0.25) is 0 Å².